The Morgan fingerprint density at radius 3 is 2.32 bits per heavy atom. The van der Waals surface area contributed by atoms with Crippen LogP contribution < -0.4 is 4.90 Å². The van der Waals surface area contributed by atoms with Crippen molar-refractivity contribution < 1.29 is 8.42 Å². The van der Waals surface area contributed by atoms with E-state index >= 15 is 0 Å². The first-order valence-electron chi connectivity index (χ1n) is 8.71. The van der Waals surface area contributed by atoms with Gasteiger partial charge in [0.05, 0.1) is 11.4 Å². The summed E-state index contributed by atoms with van der Waals surface area (Å²) in [5, 5.41) is 6.74. The number of hydrogen-bond acceptors (Lipinski definition) is 4. The lowest BCUT2D eigenvalue weighted by atomic mass is 10.1. The molecule has 0 atom stereocenters. The topological polar surface area (TPSA) is 69.3 Å². The molecule has 7 heteroatoms. The monoisotopic (exact) mass is 362 g/mol. The van der Waals surface area contributed by atoms with Gasteiger partial charge in [-0.15, -0.1) is 0 Å². The molecule has 1 N–H and O–H groups in total. The summed E-state index contributed by atoms with van der Waals surface area (Å²) < 4.78 is 27.0. The summed E-state index contributed by atoms with van der Waals surface area (Å²) in [6, 6.07) is 8.22. The van der Waals surface area contributed by atoms with Crippen LogP contribution in [0, 0.1) is 13.8 Å². The summed E-state index contributed by atoms with van der Waals surface area (Å²) in [5.41, 5.74) is 3.27. The average Bonchev–Trinajstić information content (AvgIpc) is 2.95. The highest BCUT2D eigenvalue weighted by Crippen LogP contribution is 2.24. The molecule has 1 aliphatic heterocycles. The number of hydrogen-bond donors (Lipinski definition) is 1. The highest BCUT2D eigenvalue weighted by Gasteiger charge is 2.27. The van der Waals surface area contributed by atoms with Crippen molar-refractivity contribution in [3.63, 3.8) is 0 Å². The molecule has 1 aliphatic rings. The van der Waals surface area contributed by atoms with Gasteiger partial charge in [-0.05, 0) is 50.8 Å². The minimum atomic E-state index is -3.56. The lowest BCUT2D eigenvalue weighted by Gasteiger charge is -2.29. The molecule has 0 radical (unpaired) electrons. The number of benzene rings is 1. The Hall–Kier alpha value is -1.86. The standard InChI is InChI=1S/C18H26N4O2S/c1-14-18(15(2)20-19-14)25(23,24)21(3)13-16-7-9-17(10-8-16)22-11-5-4-6-12-22/h7-10H,4-6,11-13H2,1-3H3,(H,19,20). The highest BCUT2D eigenvalue weighted by atomic mass is 32.2. The minimum Gasteiger partial charge on any atom is -0.372 e. The normalized spacial score (nSPS) is 15.8. The number of sulfonamides is 1. The van der Waals surface area contributed by atoms with Gasteiger partial charge in [-0.2, -0.15) is 9.40 Å². The number of piperidine rings is 1. The second-order valence-electron chi connectivity index (χ2n) is 6.74. The number of rotatable bonds is 5. The molecule has 1 fully saturated rings. The minimum absolute atomic E-state index is 0.278. The van der Waals surface area contributed by atoms with Crippen LogP contribution in [0.2, 0.25) is 0 Å². The van der Waals surface area contributed by atoms with Crippen LogP contribution in [0.1, 0.15) is 36.2 Å². The molecule has 0 bridgehead atoms. The second-order valence-corrected chi connectivity index (χ2v) is 8.72. The van der Waals surface area contributed by atoms with E-state index in [1.807, 2.05) is 12.1 Å². The van der Waals surface area contributed by atoms with Crippen molar-refractivity contribution in [2.75, 3.05) is 25.0 Å². The molecule has 25 heavy (non-hydrogen) atoms. The zero-order valence-corrected chi connectivity index (χ0v) is 15.9. The molecule has 1 aromatic heterocycles. The molecule has 3 rings (SSSR count). The molecule has 2 heterocycles. The Morgan fingerprint density at radius 1 is 1.12 bits per heavy atom. The third kappa shape index (κ3) is 3.72. The summed E-state index contributed by atoms with van der Waals surface area (Å²) in [6.07, 6.45) is 3.79. The molecule has 136 valence electrons. The fourth-order valence-corrected chi connectivity index (χ4v) is 4.87. The lowest BCUT2D eigenvalue weighted by molar-refractivity contribution is 0.466. The van der Waals surface area contributed by atoms with Crippen LogP contribution in [-0.2, 0) is 16.6 Å². The van der Waals surface area contributed by atoms with Gasteiger partial charge >= 0.3 is 0 Å². The maximum Gasteiger partial charge on any atom is 0.246 e. The number of anilines is 1. The van der Waals surface area contributed by atoms with Gasteiger partial charge in [0.1, 0.15) is 4.90 Å². The van der Waals surface area contributed by atoms with Crippen molar-refractivity contribution in [2.24, 2.45) is 0 Å². The highest BCUT2D eigenvalue weighted by molar-refractivity contribution is 7.89. The number of aromatic nitrogens is 2. The van der Waals surface area contributed by atoms with Crippen LogP contribution in [0.15, 0.2) is 29.2 Å². The average molecular weight is 362 g/mol. The molecule has 0 unspecified atom stereocenters. The molecule has 0 aliphatic carbocycles. The third-order valence-electron chi connectivity index (χ3n) is 4.79. The smallest absolute Gasteiger partial charge is 0.246 e. The van der Waals surface area contributed by atoms with Crippen molar-refractivity contribution >= 4 is 15.7 Å². The first kappa shape index (κ1) is 17.9. The van der Waals surface area contributed by atoms with E-state index in [2.05, 4.69) is 27.2 Å². The summed E-state index contributed by atoms with van der Waals surface area (Å²) in [6.45, 7) is 5.98. The van der Waals surface area contributed by atoms with Crippen LogP contribution in [0.25, 0.3) is 0 Å². The van der Waals surface area contributed by atoms with Crippen LogP contribution in [-0.4, -0.2) is 43.1 Å². The van der Waals surface area contributed by atoms with Crippen LogP contribution in [0.4, 0.5) is 5.69 Å². The Balaban J connectivity index is 1.73. The predicted octanol–water partition coefficient (Wildman–Crippen LogP) is 2.84. The molecule has 0 spiro atoms. The maximum atomic E-state index is 12.8. The van der Waals surface area contributed by atoms with Crippen molar-refractivity contribution in [2.45, 2.75) is 44.6 Å². The Morgan fingerprint density at radius 2 is 1.76 bits per heavy atom. The van der Waals surface area contributed by atoms with E-state index in [1.165, 1.54) is 29.3 Å². The fraction of sp³-hybridized carbons (Fsp3) is 0.500. The van der Waals surface area contributed by atoms with Crippen LogP contribution in [0.3, 0.4) is 0 Å². The Bertz CT molecular complexity index is 802. The quantitative estimate of drug-likeness (QED) is 0.888. The maximum absolute atomic E-state index is 12.8. The van der Waals surface area contributed by atoms with E-state index in [9.17, 15) is 8.42 Å². The van der Waals surface area contributed by atoms with E-state index in [1.54, 1.807) is 20.9 Å². The van der Waals surface area contributed by atoms with Crippen molar-refractivity contribution in [3.8, 4) is 0 Å². The van der Waals surface area contributed by atoms with Gasteiger partial charge in [0.15, 0.2) is 0 Å². The van der Waals surface area contributed by atoms with Gasteiger partial charge < -0.3 is 4.90 Å². The third-order valence-corrected chi connectivity index (χ3v) is 6.86. The van der Waals surface area contributed by atoms with E-state index in [0.29, 0.717) is 17.9 Å². The van der Waals surface area contributed by atoms with Crippen molar-refractivity contribution in [1.29, 1.82) is 0 Å². The molecule has 2 aromatic rings. The zero-order valence-electron chi connectivity index (χ0n) is 15.1. The molecular weight excluding hydrogens is 336 g/mol. The number of H-pyrrole nitrogens is 1. The van der Waals surface area contributed by atoms with Gasteiger partial charge in [0.25, 0.3) is 0 Å². The predicted molar refractivity (Wildman–Crippen MR) is 99.2 cm³/mol. The number of nitrogens with zero attached hydrogens (tertiary/aromatic N) is 3. The molecule has 1 saturated heterocycles. The zero-order chi connectivity index (χ0) is 18.0. The van der Waals surface area contributed by atoms with Gasteiger partial charge in [0.2, 0.25) is 10.0 Å². The second kappa shape index (κ2) is 7.17. The SMILES string of the molecule is Cc1n[nH]c(C)c1S(=O)(=O)N(C)Cc1ccc(N2CCCCC2)cc1. The van der Waals surface area contributed by atoms with Crippen LogP contribution in [0.5, 0.6) is 0 Å². The van der Waals surface area contributed by atoms with Gasteiger partial charge in [0, 0.05) is 32.4 Å². The van der Waals surface area contributed by atoms with E-state index < -0.39 is 10.0 Å². The first-order valence-corrected chi connectivity index (χ1v) is 10.2. The number of aryl methyl sites for hydroxylation is 2. The Kier molecular flexibility index (Phi) is 5.15. The fourth-order valence-electron chi connectivity index (χ4n) is 3.38. The Labute approximate surface area is 149 Å². The summed E-state index contributed by atoms with van der Waals surface area (Å²) in [5.74, 6) is 0. The van der Waals surface area contributed by atoms with E-state index in [0.717, 1.165) is 18.7 Å². The van der Waals surface area contributed by atoms with Crippen molar-refractivity contribution in [3.05, 3.63) is 41.2 Å². The van der Waals surface area contributed by atoms with Crippen LogP contribution >= 0.6 is 0 Å². The van der Waals surface area contributed by atoms with Gasteiger partial charge in [-0.25, -0.2) is 8.42 Å². The molecular formula is C18H26N4O2S. The summed E-state index contributed by atoms with van der Waals surface area (Å²) >= 11 is 0. The molecule has 0 saturated carbocycles. The summed E-state index contributed by atoms with van der Waals surface area (Å²) in [7, 11) is -1.95. The summed E-state index contributed by atoms with van der Waals surface area (Å²) in [4.78, 5) is 2.67. The lowest BCUT2D eigenvalue weighted by Crippen LogP contribution is -2.29. The van der Waals surface area contributed by atoms with Gasteiger partial charge in [-0.3, -0.25) is 5.10 Å². The molecule has 6 nitrogen and oxygen atoms in total. The van der Waals surface area contributed by atoms with Gasteiger partial charge in [-0.1, -0.05) is 12.1 Å². The molecule has 0 amide bonds. The van der Waals surface area contributed by atoms with E-state index in [4.69, 9.17) is 0 Å². The van der Waals surface area contributed by atoms with E-state index in [-0.39, 0.29) is 4.90 Å². The largest absolute Gasteiger partial charge is 0.372 e. The number of aromatic amines is 1. The molecule has 1 aromatic carbocycles. The number of nitrogens with one attached hydrogen (secondary N) is 1. The first-order chi connectivity index (χ1) is 11.9. The van der Waals surface area contributed by atoms with Crippen molar-refractivity contribution in [1.82, 2.24) is 14.5 Å².